The van der Waals surface area contributed by atoms with Crippen molar-refractivity contribution in [3.8, 4) is 22.6 Å². The Balaban J connectivity index is 1.56. The van der Waals surface area contributed by atoms with Crippen molar-refractivity contribution in [1.29, 1.82) is 0 Å². The standard InChI is InChI=1S/C32H20N4/c1-2-10-21(11-3-1)36-27-16-7-5-13-23(27)30-28(17-8-18-29(30)36)35-20-25-22-12-4-6-15-26(22)34-31(25)24-14-9-19-33-32(24)35/h1-20H. The third-order valence-corrected chi connectivity index (χ3v) is 7.16. The molecular weight excluding hydrogens is 440 g/mol. The molecule has 0 atom stereocenters. The van der Waals surface area contributed by atoms with Crippen molar-refractivity contribution in [2.75, 3.05) is 0 Å². The molecule has 2 aliphatic heterocycles. The van der Waals surface area contributed by atoms with Crippen LogP contribution in [-0.2, 0) is 0 Å². The Hall–Kier alpha value is -4.96. The largest absolute Gasteiger partial charge is 0.309 e. The molecule has 36 heavy (non-hydrogen) atoms. The maximum atomic E-state index is 4.98. The molecular formula is C32H20N4. The molecule has 4 heteroatoms. The van der Waals surface area contributed by atoms with Crippen LogP contribution in [0.2, 0.25) is 0 Å². The fourth-order valence-corrected chi connectivity index (χ4v) is 5.65. The summed E-state index contributed by atoms with van der Waals surface area (Å²) in [5.41, 5.74) is 8.65. The van der Waals surface area contributed by atoms with E-state index in [4.69, 9.17) is 9.97 Å². The number of nitrogens with zero attached hydrogens (tertiary/aromatic N) is 4. The summed E-state index contributed by atoms with van der Waals surface area (Å²) in [6, 6.07) is 38.2. The van der Waals surface area contributed by atoms with Crippen LogP contribution in [-0.4, -0.2) is 19.1 Å². The van der Waals surface area contributed by atoms with E-state index in [1.54, 1.807) is 0 Å². The Bertz CT molecular complexity index is 2050. The number of rotatable bonds is 2. The Morgan fingerprint density at radius 1 is 0.583 bits per heavy atom. The quantitative estimate of drug-likeness (QED) is 0.264. The number of para-hydroxylation sites is 3. The van der Waals surface area contributed by atoms with Gasteiger partial charge in [0.2, 0.25) is 0 Å². The first kappa shape index (κ1) is 19.4. The van der Waals surface area contributed by atoms with Crippen molar-refractivity contribution < 1.29 is 0 Å². The molecule has 0 N–H and O–H groups in total. The number of pyridine rings is 2. The minimum atomic E-state index is 0.900. The molecule has 8 rings (SSSR count). The summed E-state index contributed by atoms with van der Waals surface area (Å²) in [4.78, 5) is 9.82. The highest BCUT2D eigenvalue weighted by Gasteiger charge is 2.21. The number of benzene rings is 4. The Kier molecular flexibility index (Phi) is 3.91. The first-order valence-electron chi connectivity index (χ1n) is 12.1. The highest BCUT2D eigenvalue weighted by atomic mass is 15.0. The van der Waals surface area contributed by atoms with E-state index in [-0.39, 0.29) is 0 Å². The third kappa shape index (κ3) is 2.58. The first-order valence-corrected chi connectivity index (χ1v) is 12.1. The first-order chi connectivity index (χ1) is 17.9. The molecule has 2 aliphatic rings. The molecule has 6 aromatic rings. The van der Waals surface area contributed by atoms with Gasteiger partial charge in [0.15, 0.2) is 0 Å². The fraction of sp³-hybridized carbons (Fsp3) is 0. The van der Waals surface area contributed by atoms with E-state index in [0.717, 1.165) is 44.6 Å². The average Bonchev–Trinajstić information content (AvgIpc) is 3.49. The molecule has 4 heterocycles. The molecule has 0 unspecified atom stereocenters. The van der Waals surface area contributed by atoms with Gasteiger partial charge in [-0.05, 0) is 48.5 Å². The van der Waals surface area contributed by atoms with Crippen LogP contribution in [0.15, 0.2) is 122 Å². The number of aromatic nitrogens is 4. The molecule has 0 aliphatic carbocycles. The predicted octanol–water partition coefficient (Wildman–Crippen LogP) is 7.78. The van der Waals surface area contributed by atoms with Crippen molar-refractivity contribution in [2.24, 2.45) is 0 Å². The van der Waals surface area contributed by atoms with E-state index in [0.29, 0.717) is 0 Å². The number of fused-ring (bicyclic) bond motifs is 8. The van der Waals surface area contributed by atoms with E-state index >= 15 is 0 Å². The molecule has 0 saturated heterocycles. The van der Waals surface area contributed by atoms with E-state index in [1.165, 1.54) is 21.8 Å². The minimum absolute atomic E-state index is 0.900. The molecule has 0 amide bonds. The molecule has 0 saturated carbocycles. The van der Waals surface area contributed by atoms with E-state index < -0.39 is 0 Å². The zero-order valence-electron chi connectivity index (χ0n) is 19.3. The normalized spacial score (nSPS) is 11.9. The van der Waals surface area contributed by atoms with Crippen molar-refractivity contribution in [2.45, 2.75) is 0 Å². The molecule has 0 radical (unpaired) electrons. The topological polar surface area (TPSA) is 35.6 Å². The van der Waals surface area contributed by atoms with Crippen LogP contribution in [0.4, 0.5) is 0 Å². The molecule has 2 aromatic heterocycles. The highest BCUT2D eigenvalue weighted by Crippen LogP contribution is 2.40. The van der Waals surface area contributed by atoms with Crippen LogP contribution >= 0.6 is 0 Å². The molecule has 0 spiro atoms. The number of hydrogen-bond donors (Lipinski definition) is 0. The Morgan fingerprint density at radius 2 is 1.33 bits per heavy atom. The maximum absolute atomic E-state index is 4.98. The highest BCUT2D eigenvalue weighted by molar-refractivity contribution is 6.14. The maximum Gasteiger partial charge on any atom is 0.146 e. The lowest BCUT2D eigenvalue weighted by Gasteiger charge is -2.15. The van der Waals surface area contributed by atoms with Gasteiger partial charge in [0.1, 0.15) is 5.65 Å². The van der Waals surface area contributed by atoms with Crippen molar-refractivity contribution in [1.82, 2.24) is 19.1 Å². The van der Waals surface area contributed by atoms with Gasteiger partial charge in [0.05, 0.1) is 27.9 Å². The lowest BCUT2D eigenvalue weighted by molar-refractivity contribution is 1.08. The second-order valence-corrected chi connectivity index (χ2v) is 9.12. The summed E-state index contributed by atoms with van der Waals surface area (Å²) in [6.07, 6.45) is 4.07. The summed E-state index contributed by atoms with van der Waals surface area (Å²) in [6.45, 7) is 0. The molecule has 4 nitrogen and oxygen atoms in total. The summed E-state index contributed by atoms with van der Waals surface area (Å²) in [5, 5.41) is 4.63. The van der Waals surface area contributed by atoms with E-state index in [9.17, 15) is 0 Å². The van der Waals surface area contributed by atoms with Gasteiger partial charge in [0.25, 0.3) is 0 Å². The Morgan fingerprint density at radius 3 is 2.25 bits per heavy atom. The van der Waals surface area contributed by atoms with Crippen LogP contribution in [0.3, 0.4) is 0 Å². The van der Waals surface area contributed by atoms with Crippen molar-refractivity contribution in [3.63, 3.8) is 0 Å². The SMILES string of the molecule is c1ccc(-n2c3ccccc3c3c(-n4cc5c6ccccc6nc-5c5cccnc54)cccc32)cc1. The zero-order valence-corrected chi connectivity index (χ0v) is 19.3. The van der Waals surface area contributed by atoms with Gasteiger partial charge in [0, 0.05) is 45.2 Å². The third-order valence-electron chi connectivity index (χ3n) is 7.16. The number of hydrogen-bond acceptors (Lipinski definition) is 2. The zero-order chi connectivity index (χ0) is 23.6. The van der Waals surface area contributed by atoms with Crippen molar-refractivity contribution in [3.05, 3.63) is 122 Å². The van der Waals surface area contributed by atoms with Crippen molar-refractivity contribution >= 4 is 43.7 Å². The van der Waals surface area contributed by atoms with Crippen LogP contribution in [0.5, 0.6) is 0 Å². The van der Waals surface area contributed by atoms with Gasteiger partial charge in [-0.25, -0.2) is 9.97 Å². The van der Waals surface area contributed by atoms with Crippen LogP contribution in [0, 0.1) is 0 Å². The summed E-state index contributed by atoms with van der Waals surface area (Å²) in [5.74, 6) is 0. The smallest absolute Gasteiger partial charge is 0.146 e. The summed E-state index contributed by atoms with van der Waals surface area (Å²) >= 11 is 0. The van der Waals surface area contributed by atoms with E-state index in [1.807, 2.05) is 18.3 Å². The van der Waals surface area contributed by atoms with E-state index in [2.05, 4.69) is 112 Å². The lowest BCUT2D eigenvalue weighted by atomic mass is 10.1. The van der Waals surface area contributed by atoms with Gasteiger partial charge in [-0.15, -0.1) is 0 Å². The van der Waals surface area contributed by atoms with Gasteiger partial charge >= 0.3 is 0 Å². The lowest BCUT2D eigenvalue weighted by Crippen LogP contribution is -2.02. The van der Waals surface area contributed by atoms with Crippen LogP contribution in [0.1, 0.15) is 0 Å². The predicted molar refractivity (Wildman–Crippen MR) is 147 cm³/mol. The van der Waals surface area contributed by atoms with Gasteiger partial charge in [-0.2, -0.15) is 0 Å². The van der Waals surface area contributed by atoms with Gasteiger partial charge in [-0.3, -0.25) is 4.57 Å². The van der Waals surface area contributed by atoms with Gasteiger partial charge < -0.3 is 4.57 Å². The second-order valence-electron chi connectivity index (χ2n) is 9.12. The van der Waals surface area contributed by atoms with Gasteiger partial charge in [-0.1, -0.05) is 60.7 Å². The average molecular weight is 461 g/mol. The molecule has 0 bridgehead atoms. The summed E-state index contributed by atoms with van der Waals surface area (Å²) in [7, 11) is 0. The van der Waals surface area contributed by atoms with Crippen LogP contribution in [0.25, 0.3) is 66.4 Å². The Labute approximate surface area is 207 Å². The molecule has 4 aromatic carbocycles. The fourth-order valence-electron chi connectivity index (χ4n) is 5.65. The van der Waals surface area contributed by atoms with Crippen LogP contribution < -0.4 is 0 Å². The molecule has 168 valence electrons. The molecule has 0 fully saturated rings. The minimum Gasteiger partial charge on any atom is -0.309 e. The second kappa shape index (κ2) is 7.27. The summed E-state index contributed by atoms with van der Waals surface area (Å²) < 4.78 is 4.60. The monoisotopic (exact) mass is 460 g/mol.